The van der Waals surface area contributed by atoms with Crippen molar-refractivity contribution in [3.8, 4) is 0 Å². The number of halogens is 2. The van der Waals surface area contributed by atoms with Gasteiger partial charge < -0.3 is 5.32 Å². The predicted molar refractivity (Wildman–Crippen MR) is 74.9 cm³/mol. The minimum atomic E-state index is -0.286. The second kappa shape index (κ2) is 5.72. The van der Waals surface area contributed by atoms with Crippen LogP contribution < -0.4 is 5.32 Å². The van der Waals surface area contributed by atoms with Crippen LogP contribution in [0.4, 0.5) is 4.39 Å². The Morgan fingerprint density at radius 3 is 2.68 bits per heavy atom. The van der Waals surface area contributed by atoms with Crippen LogP contribution in [0.25, 0.3) is 0 Å². The van der Waals surface area contributed by atoms with Gasteiger partial charge in [0.2, 0.25) is 0 Å². The second-order valence-electron chi connectivity index (χ2n) is 4.61. The van der Waals surface area contributed by atoms with Crippen LogP contribution in [-0.4, -0.2) is 16.8 Å². The van der Waals surface area contributed by atoms with Gasteiger partial charge in [-0.2, -0.15) is 5.10 Å². The lowest BCUT2D eigenvalue weighted by Crippen LogP contribution is -2.21. The number of aromatic nitrogens is 2. The van der Waals surface area contributed by atoms with E-state index in [1.165, 1.54) is 6.07 Å². The third-order valence-corrected chi connectivity index (χ3v) is 3.43. The molecule has 2 aromatic rings. The summed E-state index contributed by atoms with van der Waals surface area (Å²) >= 11 is 5.78. The molecule has 1 heterocycles. The smallest absolute Gasteiger partial charge is 0.129 e. The topological polar surface area (TPSA) is 29.9 Å². The van der Waals surface area contributed by atoms with E-state index in [1.54, 1.807) is 12.1 Å². The van der Waals surface area contributed by atoms with Gasteiger partial charge in [0.1, 0.15) is 5.82 Å². The van der Waals surface area contributed by atoms with Gasteiger partial charge in [0.15, 0.2) is 0 Å². The van der Waals surface area contributed by atoms with Crippen LogP contribution in [0, 0.1) is 12.7 Å². The Kier molecular flexibility index (Phi) is 4.22. The molecule has 0 aliphatic rings. The van der Waals surface area contributed by atoms with Crippen LogP contribution in [0.15, 0.2) is 24.3 Å². The highest BCUT2D eigenvalue weighted by Gasteiger charge is 2.16. The van der Waals surface area contributed by atoms with Crippen LogP contribution in [0.3, 0.4) is 0 Å². The third kappa shape index (κ3) is 3.14. The normalized spacial score (nSPS) is 12.7. The summed E-state index contributed by atoms with van der Waals surface area (Å²) in [6.07, 6.45) is 0.673. The molecular formula is C14H17ClFN3. The van der Waals surface area contributed by atoms with E-state index in [9.17, 15) is 4.39 Å². The first-order valence-electron chi connectivity index (χ1n) is 6.13. The zero-order valence-corrected chi connectivity index (χ0v) is 12.0. The monoisotopic (exact) mass is 281 g/mol. The molecule has 1 atom stereocenters. The van der Waals surface area contributed by atoms with Crippen LogP contribution in [0.5, 0.6) is 0 Å². The van der Waals surface area contributed by atoms with Crippen molar-refractivity contribution in [3.05, 3.63) is 52.1 Å². The van der Waals surface area contributed by atoms with Crippen molar-refractivity contribution in [3.63, 3.8) is 0 Å². The van der Waals surface area contributed by atoms with Crippen LogP contribution in [-0.2, 0) is 13.5 Å². The largest absolute Gasteiger partial charge is 0.313 e. The van der Waals surface area contributed by atoms with Crippen molar-refractivity contribution in [1.29, 1.82) is 0 Å². The number of nitrogens with one attached hydrogen (secondary N) is 1. The van der Waals surface area contributed by atoms with E-state index in [1.807, 2.05) is 31.8 Å². The van der Waals surface area contributed by atoms with Gasteiger partial charge in [-0.05, 0) is 32.2 Å². The van der Waals surface area contributed by atoms with E-state index >= 15 is 0 Å². The Bertz CT molecular complexity index is 580. The summed E-state index contributed by atoms with van der Waals surface area (Å²) in [6, 6.07) is 6.68. The van der Waals surface area contributed by atoms with E-state index in [-0.39, 0.29) is 11.9 Å². The van der Waals surface area contributed by atoms with Crippen molar-refractivity contribution in [2.75, 3.05) is 7.05 Å². The third-order valence-electron chi connectivity index (χ3n) is 3.20. The van der Waals surface area contributed by atoms with Gasteiger partial charge in [0.25, 0.3) is 0 Å². The van der Waals surface area contributed by atoms with Gasteiger partial charge in [-0.25, -0.2) is 4.39 Å². The average molecular weight is 282 g/mol. The molecule has 1 unspecified atom stereocenters. The number of nitrogens with zero attached hydrogens (tertiary/aromatic N) is 2. The number of hydrogen-bond donors (Lipinski definition) is 1. The Morgan fingerprint density at radius 2 is 2.16 bits per heavy atom. The van der Waals surface area contributed by atoms with Gasteiger partial charge in [-0.15, -0.1) is 0 Å². The van der Waals surface area contributed by atoms with E-state index in [0.717, 1.165) is 11.4 Å². The molecule has 0 bridgehead atoms. The van der Waals surface area contributed by atoms with Crippen molar-refractivity contribution < 1.29 is 4.39 Å². The van der Waals surface area contributed by atoms with Crippen molar-refractivity contribution >= 4 is 11.6 Å². The number of rotatable bonds is 4. The summed E-state index contributed by atoms with van der Waals surface area (Å²) in [5, 5.41) is 7.85. The maximum absolute atomic E-state index is 13.9. The molecule has 1 aromatic carbocycles. The molecule has 0 aliphatic heterocycles. The zero-order chi connectivity index (χ0) is 14.0. The van der Waals surface area contributed by atoms with Crippen LogP contribution in [0.2, 0.25) is 5.02 Å². The summed E-state index contributed by atoms with van der Waals surface area (Å²) in [5.74, 6) is -0.286. The Morgan fingerprint density at radius 1 is 1.42 bits per heavy atom. The van der Waals surface area contributed by atoms with Gasteiger partial charge in [0, 0.05) is 35.8 Å². The molecule has 19 heavy (non-hydrogen) atoms. The van der Waals surface area contributed by atoms with Crippen LogP contribution in [0.1, 0.15) is 23.0 Å². The van der Waals surface area contributed by atoms with E-state index in [4.69, 9.17) is 11.6 Å². The number of aryl methyl sites for hydroxylation is 2. The first kappa shape index (κ1) is 14.0. The van der Waals surface area contributed by atoms with Crippen molar-refractivity contribution in [2.24, 2.45) is 7.05 Å². The molecule has 3 nitrogen and oxygen atoms in total. The molecule has 1 aromatic heterocycles. The molecule has 0 radical (unpaired) electrons. The standard InChI is InChI=1S/C14H17ClFN3/c1-9-6-11(19(3)18-9)8-14(17-2)12-5-4-10(15)7-13(12)16/h4-7,14,17H,8H2,1-3H3. The fourth-order valence-electron chi connectivity index (χ4n) is 2.22. The highest BCUT2D eigenvalue weighted by molar-refractivity contribution is 6.30. The highest BCUT2D eigenvalue weighted by atomic mass is 35.5. The van der Waals surface area contributed by atoms with Gasteiger partial charge in [-0.1, -0.05) is 17.7 Å². The minimum absolute atomic E-state index is 0.105. The molecule has 0 spiro atoms. The molecular weight excluding hydrogens is 265 g/mol. The minimum Gasteiger partial charge on any atom is -0.313 e. The summed E-state index contributed by atoms with van der Waals surface area (Å²) in [4.78, 5) is 0. The molecule has 102 valence electrons. The quantitative estimate of drug-likeness (QED) is 0.934. The number of likely N-dealkylation sites (N-methyl/N-ethyl adjacent to an activating group) is 1. The van der Waals surface area contributed by atoms with Crippen molar-refractivity contribution in [1.82, 2.24) is 15.1 Å². The van der Waals surface area contributed by atoms with E-state index in [0.29, 0.717) is 17.0 Å². The van der Waals surface area contributed by atoms with Crippen LogP contribution >= 0.6 is 11.6 Å². The summed E-state index contributed by atoms with van der Waals surface area (Å²) in [6.45, 7) is 1.95. The fraction of sp³-hybridized carbons (Fsp3) is 0.357. The SMILES string of the molecule is CNC(Cc1cc(C)nn1C)c1ccc(Cl)cc1F. The maximum Gasteiger partial charge on any atom is 0.129 e. The molecule has 0 saturated carbocycles. The van der Waals surface area contributed by atoms with Crippen molar-refractivity contribution in [2.45, 2.75) is 19.4 Å². The first-order chi connectivity index (χ1) is 9.01. The summed E-state index contributed by atoms with van der Waals surface area (Å²) < 4.78 is 15.8. The zero-order valence-electron chi connectivity index (χ0n) is 11.2. The van der Waals surface area contributed by atoms with E-state index in [2.05, 4.69) is 10.4 Å². The van der Waals surface area contributed by atoms with Gasteiger partial charge in [-0.3, -0.25) is 4.68 Å². The molecule has 5 heteroatoms. The average Bonchev–Trinajstić information content (AvgIpc) is 2.65. The number of hydrogen-bond acceptors (Lipinski definition) is 2. The predicted octanol–water partition coefficient (Wildman–Crippen LogP) is 3.02. The molecule has 1 N–H and O–H groups in total. The lowest BCUT2D eigenvalue weighted by atomic mass is 10.0. The Balaban J connectivity index is 2.27. The molecule has 0 aliphatic carbocycles. The molecule has 0 amide bonds. The lowest BCUT2D eigenvalue weighted by molar-refractivity contribution is 0.519. The maximum atomic E-state index is 13.9. The number of benzene rings is 1. The molecule has 0 saturated heterocycles. The highest BCUT2D eigenvalue weighted by Crippen LogP contribution is 2.23. The Labute approximate surface area is 117 Å². The summed E-state index contributed by atoms with van der Waals surface area (Å²) in [5.41, 5.74) is 2.64. The molecule has 2 rings (SSSR count). The Hall–Kier alpha value is -1.39. The second-order valence-corrected chi connectivity index (χ2v) is 5.05. The summed E-state index contributed by atoms with van der Waals surface area (Å²) in [7, 11) is 3.72. The molecule has 0 fully saturated rings. The van der Waals surface area contributed by atoms with Gasteiger partial charge >= 0.3 is 0 Å². The fourth-order valence-corrected chi connectivity index (χ4v) is 2.37. The first-order valence-corrected chi connectivity index (χ1v) is 6.50. The van der Waals surface area contributed by atoms with E-state index < -0.39 is 0 Å². The van der Waals surface area contributed by atoms with Gasteiger partial charge in [0.05, 0.1) is 5.69 Å². The lowest BCUT2D eigenvalue weighted by Gasteiger charge is -2.17.